The molecule has 0 saturated carbocycles. The molecule has 3 rings (SSSR count). The van der Waals surface area contributed by atoms with Gasteiger partial charge >= 0.3 is 0 Å². The van der Waals surface area contributed by atoms with Crippen LogP contribution in [0.25, 0.3) is 10.8 Å². The summed E-state index contributed by atoms with van der Waals surface area (Å²) in [5.74, 6) is -1.25. The highest BCUT2D eigenvalue weighted by Crippen LogP contribution is 2.35. The summed E-state index contributed by atoms with van der Waals surface area (Å²) in [4.78, 5) is 0. The van der Waals surface area contributed by atoms with Crippen LogP contribution >= 0.6 is 0 Å². The molecule has 111 valence electrons. The van der Waals surface area contributed by atoms with Crippen LogP contribution in [0.2, 0.25) is 0 Å². The van der Waals surface area contributed by atoms with Crippen LogP contribution in [0.3, 0.4) is 0 Å². The Hall–Kier alpha value is -2.62. The minimum Gasteiger partial charge on any atom is -0.493 e. The zero-order chi connectivity index (χ0) is 15.5. The lowest BCUT2D eigenvalue weighted by atomic mass is 10.1. The average molecular weight is 299 g/mol. The Morgan fingerprint density at radius 2 is 1.82 bits per heavy atom. The van der Waals surface area contributed by atoms with Gasteiger partial charge in [0.25, 0.3) is 0 Å². The number of hydrogen-bond acceptors (Lipinski definition) is 2. The van der Waals surface area contributed by atoms with E-state index in [1.165, 1.54) is 12.1 Å². The summed E-state index contributed by atoms with van der Waals surface area (Å²) >= 11 is 0. The summed E-state index contributed by atoms with van der Waals surface area (Å²) in [6, 6.07) is 15.9. The smallest absolute Gasteiger partial charge is 0.201 e. The van der Waals surface area contributed by atoms with Crippen molar-refractivity contribution >= 4 is 10.8 Å². The molecule has 0 saturated heterocycles. The largest absolute Gasteiger partial charge is 0.493 e. The molecule has 2 nitrogen and oxygen atoms in total. The number of hydrogen-bond donors (Lipinski definition) is 0. The second kappa shape index (κ2) is 6.02. The van der Waals surface area contributed by atoms with E-state index < -0.39 is 11.6 Å². The first-order valence-electron chi connectivity index (χ1n) is 6.88. The Kier molecular flexibility index (Phi) is 3.92. The zero-order valence-electron chi connectivity index (χ0n) is 11.9. The standard InChI is InChI=1S/C18H13F2O2/c1-2-21-13-10-12-6-3-4-7-14(12)17(11-13)22-16-9-5-8-15(19)18(16)20/h3-9,11H,2H2,1H3. The minimum atomic E-state index is -1.02. The first-order chi connectivity index (χ1) is 10.7. The van der Waals surface area contributed by atoms with E-state index in [1.807, 2.05) is 31.2 Å². The van der Waals surface area contributed by atoms with Gasteiger partial charge in [0.15, 0.2) is 11.6 Å². The molecule has 0 spiro atoms. The van der Waals surface area contributed by atoms with E-state index in [9.17, 15) is 8.78 Å². The van der Waals surface area contributed by atoms with Gasteiger partial charge in [0.2, 0.25) is 5.82 Å². The van der Waals surface area contributed by atoms with Crippen molar-refractivity contribution in [2.75, 3.05) is 6.61 Å². The van der Waals surface area contributed by atoms with Gasteiger partial charge in [0.1, 0.15) is 11.5 Å². The SMILES string of the molecule is CCOc1[c]c2ccccc2c(Oc2cccc(F)c2F)c1. The lowest BCUT2D eigenvalue weighted by molar-refractivity contribution is 0.337. The molecule has 0 unspecified atom stereocenters. The Labute approximate surface area is 126 Å². The highest BCUT2D eigenvalue weighted by atomic mass is 19.2. The Morgan fingerprint density at radius 1 is 1.00 bits per heavy atom. The maximum atomic E-state index is 13.8. The third kappa shape index (κ3) is 2.72. The zero-order valence-corrected chi connectivity index (χ0v) is 11.9. The second-order valence-corrected chi connectivity index (χ2v) is 4.63. The fraction of sp³-hybridized carbons (Fsp3) is 0.111. The van der Waals surface area contributed by atoms with Gasteiger partial charge < -0.3 is 9.47 Å². The van der Waals surface area contributed by atoms with Crippen molar-refractivity contribution in [1.82, 2.24) is 0 Å². The molecule has 0 aliphatic heterocycles. The molecule has 22 heavy (non-hydrogen) atoms. The lowest BCUT2D eigenvalue weighted by Gasteiger charge is -2.12. The average Bonchev–Trinajstić information content (AvgIpc) is 2.52. The number of rotatable bonds is 4. The molecule has 0 aliphatic carbocycles. The van der Waals surface area contributed by atoms with E-state index in [0.29, 0.717) is 18.1 Å². The number of benzene rings is 3. The number of ether oxygens (including phenoxy) is 2. The second-order valence-electron chi connectivity index (χ2n) is 4.63. The maximum Gasteiger partial charge on any atom is 0.201 e. The van der Waals surface area contributed by atoms with Gasteiger partial charge in [0, 0.05) is 17.5 Å². The molecule has 1 radical (unpaired) electrons. The molecule has 4 heteroatoms. The van der Waals surface area contributed by atoms with Crippen molar-refractivity contribution in [2.24, 2.45) is 0 Å². The summed E-state index contributed by atoms with van der Waals surface area (Å²) < 4.78 is 38.1. The molecule has 0 heterocycles. The number of fused-ring (bicyclic) bond motifs is 1. The molecule has 3 aromatic carbocycles. The van der Waals surface area contributed by atoms with Crippen LogP contribution in [-0.2, 0) is 0 Å². The van der Waals surface area contributed by atoms with Crippen LogP contribution in [0, 0.1) is 17.7 Å². The van der Waals surface area contributed by atoms with Crippen molar-refractivity contribution in [3.63, 3.8) is 0 Å². The van der Waals surface area contributed by atoms with E-state index in [-0.39, 0.29) is 5.75 Å². The monoisotopic (exact) mass is 299 g/mol. The summed E-state index contributed by atoms with van der Waals surface area (Å²) in [5, 5.41) is 1.52. The third-order valence-electron chi connectivity index (χ3n) is 3.15. The van der Waals surface area contributed by atoms with E-state index >= 15 is 0 Å². The molecule has 0 amide bonds. The first-order valence-corrected chi connectivity index (χ1v) is 6.88. The van der Waals surface area contributed by atoms with Crippen LogP contribution in [0.5, 0.6) is 17.2 Å². The quantitative estimate of drug-likeness (QED) is 0.666. The topological polar surface area (TPSA) is 18.5 Å². The molecule has 3 aromatic rings. The molecule has 0 aliphatic rings. The van der Waals surface area contributed by atoms with Gasteiger partial charge in [-0.25, -0.2) is 4.39 Å². The fourth-order valence-electron chi connectivity index (χ4n) is 2.17. The summed E-state index contributed by atoms with van der Waals surface area (Å²) in [6.45, 7) is 2.33. The van der Waals surface area contributed by atoms with Crippen LogP contribution in [0.15, 0.2) is 48.5 Å². The maximum absolute atomic E-state index is 13.8. The van der Waals surface area contributed by atoms with E-state index in [4.69, 9.17) is 9.47 Å². The van der Waals surface area contributed by atoms with Crippen molar-refractivity contribution < 1.29 is 18.3 Å². The predicted octanol–water partition coefficient (Wildman–Crippen LogP) is 5.11. The van der Waals surface area contributed by atoms with Gasteiger partial charge in [-0.3, -0.25) is 0 Å². The highest BCUT2D eigenvalue weighted by molar-refractivity contribution is 5.89. The molecule has 0 bridgehead atoms. The minimum absolute atomic E-state index is 0.168. The summed E-state index contributed by atoms with van der Waals surface area (Å²) in [6.07, 6.45) is 0. The Bertz CT molecular complexity index is 815. The van der Waals surface area contributed by atoms with Crippen molar-refractivity contribution in [1.29, 1.82) is 0 Å². The van der Waals surface area contributed by atoms with Gasteiger partial charge in [-0.15, -0.1) is 0 Å². The molecule has 0 atom stereocenters. The molecule has 0 aromatic heterocycles. The first kappa shape index (κ1) is 14.3. The fourth-order valence-corrected chi connectivity index (χ4v) is 2.17. The molecular weight excluding hydrogens is 286 g/mol. The van der Waals surface area contributed by atoms with E-state index in [0.717, 1.165) is 16.8 Å². The third-order valence-corrected chi connectivity index (χ3v) is 3.15. The van der Waals surface area contributed by atoms with Gasteiger partial charge in [-0.2, -0.15) is 4.39 Å². The molecular formula is C18H13F2O2. The van der Waals surface area contributed by atoms with Crippen LogP contribution < -0.4 is 9.47 Å². The van der Waals surface area contributed by atoms with Crippen molar-refractivity contribution in [3.05, 3.63) is 66.2 Å². The Balaban J connectivity index is 2.10. The van der Waals surface area contributed by atoms with Crippen LogP contribution in [0.1, 0.15) is 6.92 Å². The van der Waals surface area contributed by atoms with Crippen molar-refractivity contribution in [2.45, 2.75) is 6.92 Å². The summed E-state index contributed by atoms with van der Waals surface area (Å²) in [7, 11) is 0. The normalized spacial score (nSPS) is 10.7. The predicted molar refractivity (Wildman–Crippen MR) is 80.4 cm³/mol. The summed E-state index contributed by atoms with van der Waals surface area (Å²) in [5.41, 5.74) is 0. The molecule has 0 N–H and O–H groups in total. The van der Waals surface area contributed by atoms with E-state index in [2.05, 4.69) is 6.07 Å². The van der Waals surface area contributed by atoms with E-state index in [1.54, 1.807) is 6.07 Å². The Morgan fingerprint density at radius 3 is 2.64 bits per heavy atom. The van der Waals surface area contributed by atoms with Gasteiger partial charge in [-0.1, -0.05) is 30.3 Å². The van der Waals surface area contributed by atoms with Gasteiger partial charge in [-0.05, 0) is 24.4 Å². The van der Waals surface area contributed by atoms with Crippen LogP contribution in [-0.4, -0.2) is 6.61 Å². The van der Waals surface area contributed by atoms with Crippen LogP contribution in [0.4, 0.5) is 8.78 Å². The molecule has 0 fully saturated rings. The van der Waals surface area contributed by atoms with Crippen molar-refractivity contribution in [3.8, 4) is 17.2 Å². The van der Waals surface area contributed by atoms with Gasteiger partial charge in [0.05, 0.1) is 6.61 Å². The number of halogens is 2. The highest BCUT2D eigenvalue weighted by Gasteiger charge is 2.13. The lowest BCUT2D eigenvalue weighted by Crippen LogP contribution is -1.95.